The van der Waals surface area contributed by atoms with Gasteiger partial charge in [0, 0.05) is 24.3 Å². The number of rotatable bonds is 6. The zero-order valence-corrected chi connectivity index (χ0v) is 16.3. The largest absolute Gasteiger partial charge is 0.462 e. The molecule has 1 unspecified atom stereocenters. The summed E-state index contributed by atoms with van der Waals surface area (Å²) < 4.78 is 6.97. The molecule has 1 aromatic heterocycles. The number of halogens is 1. The standard InChI is InChI=1S/C17H30N4O2.ClH/c1-12(2)23-16(22)9-21-14(4)15(13(3)19-21)8-20-7-6-17(5,10-18)11-20;/h12H,6-11,18H2,1-5H3;1H. The first-order chi connectivity index (χ1) is 10.7. The van der Waals surface area contributed by atoms with E-state index < -0.39 is 0 Å². The Morgan fingerprint density at radius 3 is 2.62 bits per heavy atom. The molecule has 7 heteroatoms. The van der Waals surface area contributed by atoms with Crippen LogP contribution in [-0.4, -0.2) is 46.4 Å². The number of nitrogens with zero attached hydrogens (tertiary/aromatic N) is 3. The van der Waals surface area contributed by atoms with Crippen LogP contribution in [0.15, 0.2) is 0 Å². The van der Waals surface area contributed by atoms with E-state index in [1.165, 1.54) is 5.56 Å². The first kappa shape index (κ1) is 20.9. The van der Waals surface area contributed by atoms with E-state index in [0.717, 1.165) is 44.0 Å². The van der Waals surface area contributed by atoms with Gasteiger partial charge in [-0.15, -0.1) is 12.4 Å². The molecule has 0 amide bonds. The summed E-state index contributed by atoms with van der Waals surface area (Å²) in [5.74, 6) is -0.242. The monoisotopic (exact) mass is 358 g/mol. The Balaban J connectivity index is 0.00000288. The number of nitrogens with two attached hydrogens (primary N) is 1. The lowest BCUT2D eigenvalue weighted by Gasteiger charge is -2.22. The number of carbonyl (C=O) groups excluding carboxylic acids is 1. The molecule has 2 heterocycles. The molecular formula is C17H31ClN4O2. The Morgan fingerprint density at radius 1 is 1.42 bits per heavy atom. The third-order valence-electron chi connectivity index (χ3n) is 4.69. The van der Waals surface area contributed by atoms with E-state index in [0.29, 0.717) is 0 Å². The lowest BCUT2D eigenvalue weighted by Crippen LogP contribution is -2.31. The van der Waals surface area contributed by atoms with Gasteiger partial charge in [-0.05, 0) is 52.6 Å². The molecule has 2 N–H and O–H groups in total. The molecule has 6 nitrogen and oxygen atoms in total. The van der Waals surface area contributed by atoms with Crippen molar-refractivity contribution in [3.05, 3.63) is 17.0 Å². The van der Waals surface area contributed by atoms with Gasteiger partial charge in [-0.2, -0.15) is 5.10 Å². The number of carbonyl (C=O) groups is 1. The van der Waals surface area contributed by atoms with Crippen LogP contribution in [0.3, 0.4) is 0 Å². The highest BCUT2D eigenvalue weighted by atomic mass is 35.5. The van der Waals surface area contributed by atoms with Crippen molar-refractivity contribution < 1.29 is 9.53 Å². The average molecular weight is 359 g/mol. The second-order valence-electron chi connectivity index (χ2n) is 7.32. The van der Waals surface area contributed by atoms with Gasteiger partial charge in [0.2, 0.25) is 0 Å². The molecule has 0 spiro atoms. The lowest BCUT2D eigenvalue weighted by atomic mass is 9.90. The van der Waals surface area contributed by atoms with Crippen LogP contribution in [0.1, 0.15) is 44.1 Å². The Hall–Kier alpha value is -1.11. The van der Waals surface area contributed by atoms with E-state index in [-0.39, 0.29) is 36.4 Å². The van der Waals surface area contributed by atoms with Gasteiger partial charge < -0.3 is 10.5 Å². The van der Waals surface area contributed by atoms with Crippen LogP contribution >= 0.6 is 12.4 Å². The zero-order chi connectivity index (χ0) is 17.2. The van der Waals surface area contributed by atoms with Gasteiger partial charge in [0.15, 0.2) is 0 Å². The van der Waals surface area contributed by atoms with Crippen LogP contribution in [-0.2, 0) is 22.6 Å². The van der Waals surface area contributed by atoms with Crippen LogP contribution in [0.25, 0.3) is 0 Å². The highest BCUT2D eigenvalue weighted by Crippen LogP contribution is 2.30. The van der Waals surface area contributed by atoms with Crippen molar-refractivity contribution in [1.29, 1.82) is 0 Å². The van der Waals surface area contributed by atoms with Crippen molar-refractivity contribution in [3.63, 3.8) is 0 Å². The van der Waals surface area contributed by atoms with Crippen molar-refractivity contribution in [1.82, 2.24) is 14.7 Å². The second-order valence-corrected chi connectivity index (χ2v) is 7.32. The van der Waals surface area contributed by atoms with Gasteiger partial charge in [-0.1, -0.05) is 6.92 Å². The molecule has 1 aromatic rings. The molecule has 0 bridgehead atoms. The Kier molecular flexibility index (Phi) is 7.25. The molecule has 138 valence electrons. The minimum absolute atomic E-state index is 0. The van der Waals surface area contributed by atoms with E-state index in [1.807, 2.05) is 27.7 Å². The van der Waals surface area contributed by atoms with Gasteiger partial charge in [0.05, 0.1) is 11.8 Å². The Labute approximate surface area is 151 Å². The fraction of sp³-hybridized carbons (Fsp3) is 0.765. The normalized spacial score (nSPS) is 21.1. The molecule has 1 atom stereocenters. The van der Waals surface area contributed by atoms with Gasteiger partial charge >= 0.3 is 5.97 Å². The number of aryl methyl sites for hydroxylation is 1. The Bertz CT molecular complexity index is 573. The number of aromatic nitrogens is 2. The lowest BCUT2D eigenvalue weighted by molar-refractivity contribution is -0.148. The average Bonchev–Trinajstić information content (AvgIpc) is 2.95. The summed E-state index contributed by atoms with van der Waals surface area (Å²) in [6.45, 7) is 13.8. The number of likely N-dealkylation sites (tertiary alicyclic amines) is 1. The van der Waals surface area contributed by atoms with Gasteiger partial charge in [0.1, 0.15) is 6.54 Å². The van der Waals surface area contributed by atoms with Crippen LogP contribution in [0.5, 0.6) is 0 Å². The summed E-state index contributed by atoms with van der Waals surface area (Å²) in [5, 5.41) is 4.52. The number of hydrogen-bond acceptors (Lipinski definition) is 5. The van der Waals surface area contributed by atoms with Crippen molar-refractivity contribution in [2.75, 3.05) is 19.6 Å². The molecule has 0 aliphatic carbocycles. The fourth-order valence-corrected chi connectivity index (χ4v) is 3.19. The fourth-order valence-electron chi connectivity index (χ4n) is 3.19. The first-order valence-corrected chi connectivity index (χ1v) is 8.39. The van der Waals surface area contributed by atoms with Gasteiger partial charge in [-0.25, -0.2) is 0 Å². The summed E-state index contributed by atoms with van der Waals surface area (Å²) in [6.07, 6.45) is 1.04. The molecule has 0 aromatic carbocycles. The van der Waals surface area contributed by atoms with Crippen LogP contribution < -0.4 is 5.73 Å². The quantitative estimate of drug-likeness (QED) is 0.788. The predicted molar refractivity (Wildman–Crippen MR) is 97.2 cm³/mol. The number of ether oxygens (including phenoxy) is 1. The topological polar surface area (TPSA) is 73.4 Å². The summed E-state index contributed by atoms with van der Waals surface area (Å²) in [5.41, 5.74) is 9.35. The molecule has 0 radical (unpaired) electrons. The maximum Gasteiger partial charge on any atom is 0.328 e. The first-order valence-electron chi connectivity index (χ1n) is 8.39. The highest BCUT2D eigenvalue weighted by Gasteiger charge is 2.33. The third kappa shape index (κ3) is 4.94. The van der Waals surface area contributed by atoms with E-state index in [2.05, 4.69) is 16.9 Å². The van der Waals surface area contributed by atoms with E-state index in [9.17, 15) is 4.79 Å². The molecule has 1 saturated heterocycles. The molecule has 1 aliphatic rings. The molecular weight excluding hydrogens is 328 g/mol. The van der Waals surface area contributed by atoms with Crippen LogP contribution in [0.2, 0.25) is 0 Å². The van der Waals surface area contributed by atoms with Gasteiger partial charge in [-0.3, -0.25) is 14.4 Å². The minimum Gasteiger partial charge on any atom is -0.462 e. The minimum atomic E-state index is -0.242. The summed E-state index contributed by atoms with van der Waals surface area (Å²) >= 11 is 0. The van der Waals surface area contributed by atoms with E-state index in [4.69, 9.17) is 10.5 Å². The molecule has 1 aliphatic heterocycles. The number of esters is 1. The summed E-state index contributed by atoms with van der Waals surface area (Å²) in [6, 6.07) is 0. The van der Waals surface area contributed by atoms with Crippen molar-refractivity contribution in [2.45, 2.75) is 60.2 Å². The van der Waals surface area contributed by atoms with E-state index in [1.54, 1.807) is 4.68 Å². The smallest absolute Gasteiger partial charge is 0.328 e. The SMILES string of the molecule is Cc1nn(CC(=O)OC(C)C)c(C)c1CN1CCC(C)(CN)C1.Cl. The van der Waals surface area contributed by atoms with Crippen molar-refractivity contribution in [2.24, 2.45) is 11.1 Å². The summed E-state index contributed by atoms with van der Waals surface area (Å²) in [7, 11) is 0. The molecule has 0 saturated carbocycles. The van der Waals surface area contributed by atoms with Gasteiger partial charge in [0.25, 0.3) is 0 Å². The summed E-state index contributed by atoms with van der Waals surface area (Å²) in [4.78, 5) is 14.3. The van der Waals surface area contributed by atoms with E-state index >= 15 is 0 Å². The van der Waals surface area contributed by atoms with Crippen LogP contribution in [0.4, 0.5) is 0 Å². The maximum atomic E-state index is 11.9. The molecule has 24 heavy (non-hydrogen) atoms. The zero-order valence-electron chi connectivity index (χ0n) is 15.5. The highest BCUT2D eigenvalue weighted by molar-refractivity contribution is 5.85. The maximum absolute atomic E-state index is 11.9. The third-order valence-corrected chi connectivity index (χ3v) is 4.69. The number of hydrogen-bond donors (Lipinski definition) is 1. The van der Waals surface area contributed by atoms with Crippen LogP contribution in [0, 0.1) is 19.3 Å². The molecule has 2 rings (SSSR count). The predicted octanol–water partition coefficient (Wildman–Crippen LogP) is 2.04. The second kappa shape index (κ2) is 8.32. The Morgan fingerprint density at radius 2 is 2.08 bits per heavy atom. The molecule has 1 fully saturated rings. The van der Waals surface area contributed by atoms with Crippen molar-refractivity contribution in [3.8, 4) is 0 Å². The van der Waals surface area contributed by atoms with Crippen molar-refractivity contribution >= 4 is 18.4 Å².